The molecule has 2 aliphatic carbocycles. The Labute approximate surface area is 143 Å². The van der Waals surface area contributed by atoms with Crippen molar-refractivity contribution in [1.29, 1.82) is 0 Å². The minimum absolute atomic E-state index is 0.0357. The fourth-order valence-electron chi connectivity index (χ4n) is 3.53. The molecule has 2 aliphatic rings. The average Bonchev–Trinajstić information content (AvgIpc) is 3.20. The van der Waals surface area contributed by atoms with E-state index in [1.54, 1.807) is 0 Å². The first-order chi connectivity index (χ1) is 11.7. The number of carbonyl (C=O) groups excluding carboxylic acids is 2. The van der Waals surface area contributed by atoms with Gasteiger partial charge in [-0.15, -0.1) is 0 Å². The van der Waals surface area contributed by atoms with Crippen molar-refractivity contribution in [3.8, 4) is 0 Å². The molecule has 0 aliphatic heterocycles. The Balaban J connectivity index is 1.25. The van der Waals surface area contributed by atoms with Gasteiger partial charge in [0.1, 0.15) is 0 Å². The van der Waals surface area contributed by atoms with E-state index in [9.17, 15) is 9.59 Å². The van der Waals surface area contributed by atoms with E-state index in [0.29, 0.717) is 37.4 Å². The normalized spacial score (nSPS) is 22.8. The first kappa shape index (κ1) is 16.8. The zero-order valence-corrected chi connectivity index (χ0v) is 14.1. The van der Waals surface area contributed by atoms with Gasteiger partial charge in [-0.2, -0.15) is 0 Å². The van der Waals surface area contributed by atoms with Crippen molar-refractivity contribution >= 4 is 11.9 Å². The molecular weight excluding hydrogens is 302 g/mol. The predicted octanol–water partition coefficient (Wildman–Crippen LogP) is 2.54. The molecule has 3 rings (SSSR count). The molecule has 0 radical (unpaired) electrons. The van der Waals surface area contributed by atoms with Crippen LogP contribution in [0.15, 0.2) is 30.3 Å². The molecule has 0 bridgehead atoms. The highest BCUT2D eigenvalue weighted by Crippen LogP contribution is 2.46. The van der Waals surface area contributed by atoms with Gasteiger partial charge in [-0.25, -0.2) is 4.79 Å². The van der Waals surface area contributed by atoms with Gasteiger partial charge in [-0.05, 0) is 36.7 Å². The monoisotopic (exact) mass is 329 g/mol. The third-order valence-electron chi connectivity index (χ3n) is 5.03. The lowest BCUT2D eigenvalue weighted by molar-refractivity contribution is -0.121. The predicted molar refractivity (Wildman–Crippen MR) is 93.7 cm³/mol. The van der Waals surface area contributed by atoms with Crippen LogP contribution in [-0.4, -0.2) is 31.1 Å². The molecule has 2 saturated carbocycles. The first-order valence-corrected chi connectivity index (χ1v) is 9.08. The van der Waals surface area contributed by atoms with Gasteiger partial charge in [-0.1, -0.05) is 43.2 Å². The Morgan fingerprint density at radius 1 is 1.04 bits per heavy atom. The molecule has 5 nitrogen and oxygen atoms in total. The molecule has 2 fully saturated rings. The molecule has 24 heavy (non-hydrogen) atoms. The molecule has 3 amide bonds. The van der Waals surface area contributed by atoms with E-state index in [1.165, 1.54) is 18.4 Å². The summed E-state index contributed by atoms with van der Waals surface area (Å²) in [5.74, 6) is 1.14. The van der Waals surface area contributed by atoms with Crippen molar-refractivity contribution in [2.24, 2.45) is 5.92 Å². The maximum atomic E-state index is 11.8. The number of nitrogens with one attached hydrogen (secondary N) is 3. The first-order valence-electron chi connectivity index (χ1n) is 9.08. The third-order valence-corrected chi connectivity index (χ3v) is 5.03. The number of rotatable bonds is 7. The summed E-state index contributed by atoms with van der Waals surface area (Å²) in [6.07, 6.45) is 6.06. The van der Waals surface area contributed by atoms with Gasteiger partial charge in [0.25, 0.3) is 0 Å². The summed E-state index contributed by atoms with van der Waals surface area (Å²) >= 11 is 0. The number of urea groups is 1. The Morgan fingerprint density at radius 3 is 2.54 bits per heavy atom. The number of carbonyl (C=O) groups is 2. The fourth-order valence-corrected chi connectivity index (χ4v) is 3.53. The number of benzene rings is 1. The maximum absolute atomic E-state index is 11.8. The van der Waals surface area contributed by atoms with Gasteiger partial charge >= 0.3 is 6.03 Å². The molecule has 0 saturated heterocycles. The van der Waals surface area contributed by atoms with Gasteiger partial charge in [0.05, 0.1) is 0 Å². The second kappa shape index (κ2) is 8.18. The Kier molecular flexibility index (Phi) is 5.72. The Hall–Kier alpha value is -2.04. The number of hydrogen-bond donors (Lipinski definition) is 3. The average molecular weight is 329 g/mol. The summed E-state index contributed by atoms with van der Waals surface area (Å²) in [6.45, 7) is 1.08. The number of hydrogen-bond acceptors (Lipinski definition) is 2. The molecule has 0 aromatic heterocycles. The van der Waals surface area contributed by atoms with Gasteiger partial charge in [0.2, 0.25) is 5.91 Å². The summed E-state index contributed by atoms with van der Waals surface area (Å²) in [7, 11) is 0. The van der Waals surface area contributed by atoms with E-state index in [4.69, 9.17) is 0 Å². The van der Waals surface area contributed by atoms with Crippen LogP contribution >= 0.6 is 0 Å². The topological polar surface area (TPSA) is 70.2 Å². The molecule has 1 aromatic carbocycles. The van der Waals surface area contributed by atoms with Crippen molar-refractivity contribution in [3.05, 3.63) is 35.9 Å². The molecule has 3 N–H and O–H groups in total. The summed E-state index contributed by atoms with van der Waals surface area (Å²) in [4.78, 5) is 23.6. The van der Waals surface area contributed by atoms with Crippen LogP contribution in [0.4, 0.5) is 4.79 Å². The Morgan fingerprint density at radius 2 is 1.79 bits per heavy atom. The molecule has 1 aromatic rings. The zero-order chi connectivity index (χ0) is 16.8. The van der Waals surface area contributed by atoms with Crippen LogP contribution in [0.3, 0.4) is 0 Å². The van der Waals surface area contributed by atoms with Crippen molar-refractivity contribution in [1.82, 2.24) is 16.0 Å². The lowest BCUT2D eigenvalue weighted by Gasteiger charge is -2.12. The van der Waals surface area contributed by atoms with E-state index in [-0.39, 0.29) is 11.9 Å². The largest absolute Gasteiger partial charge is 0.353 e. The van der Waals surface area contributed by atoms with E-state index < -0.39 is 0 Å². The summed E-state index contributed by atoms with van der Waals surface area (Å²) in [6, 6.07) is 10.6. The van der Waals surface area contributed by atoms with E-state index >= 15 is 0 Å². The highest BCUT2D eigenvalue weighted by Gasteiger charge is 2.37. The minimum atomic E-state index is -0.178. The zero-order valence-electron chi connectivity index (χ0n) is 14.1. The lowest BCUT2D eigenvalue weighted by Crippen LogP contribution is -2.40. The lowest BCUT2D eigenvalue weighted by atomic mass is 10.1. The van der Waals surface area contributed by atoms with E-state index in [1.807, 2.05) is 6.07 Å². The van der Waals surface area contributed by atoms with E-state index in [0.717, 1.165) is 19.3 Å². The van der Waals surface area contributed by atoms with Gasteiger partial charge < -0.3 is 16.0 Å². The molecule has 5 heteroatoms. The second-order valence-electron chi connectivity index (χ2n) is 6.95. The van der Waals surface area contributed by atoms with Crippen LogP contribution in [0.5, 0.6) is 0 Å². The molecule has 0 heterocycles. The second-order valence-corrected chi connectivity index (χ2v) is 6.95. The van der Waals surface area contributed by atoms with Crippen molar-refractivity contribution in [3.63, 3.8) is 0 Å². The van der Waals surface area contributed by atoms with Crippen LogP contribution in [0.1, 0.15) is 50.0 Å². The molecule has 2 unspecified atom stereocenters. The van der Waals surface area contributed by atoms with Crippen molar-refractivity contribution in [2.45, 2.75) is 50.5 Å². The van der Waals surface area contributed by atoms with Gasteiger partial charge in [0.15, 0.2) is 0 Å². The SMILES string of the molecule is O=C(CCNC(=O)NCC1CC1c1ccccc1)NC1CCCC1. The Bertz CT molecular complexity index is 555. The number of amides is 3. The molecular formula is C19H27N3O2. The maximum Gasteiger partial charge on any atom is 0.314 e. The molecule has 130 valence electrons. The van der Waals surface area contributed by atoms with Crippen LogP contribution < -0.4 is 16.0 Å². The molecule has 0 spiro atoms. The smallest absolute Gasteiger partial charge is 0.314 e. The highest BCUT2D eigenvalue weighted by molar-refractivity contribution is 5.78. The van der Waals surface area contributed by atoms with Crippen LogP contribution in [0.25, 0.3) is 0 Å². The summed E-state index contributed by atoms with van der Waals surface area (Å²) < 4.78 is 0. The van der Waals surface area contributed by atoms with Crippen molar-refractivity contribution in [2.75, 3.05) is 13.1 Å². The summed E-state index contributed by atoms with van der Waals surface area (Å²) in [5, 5.41) is 8.70. The van der Waals surface area contributed by atoms with Crippen LogP contribution in [0.2, 0.25) is 0 Å². The van der Waals surface area contributed by atoms with Gasteiger partial charge in [0, 0.05) is 25.6 Å². The third kappa shape index (κ3) is 4.98. The van der Waals surface area contributed by atoms with Crippen molar-refractivity contribution < 1.29 is 9.59 Å². The van der Waals surface area contributed by atoms with Crippen LogP contribution in [-0.2, 0) is 4.79 Å². The minimum Gasteiger partial charge on any atom is -0.353 e. The fraction of sp³-hybridized carbons (Fsp3) is 0.579. The summed E-state index contributed by atoms with van der Waals surface area (Å²) in [5.41, 5.74) is 1.35. The molecule has 2 atom stereocenters. The van der Waals surface area contributed by atoms with Crippen LogP contribution in [0, 0.1) is 5.92 Å². The van der Waals surface area contributed by atoms with Gasteiger partial charge in [-0.3, -0.25) is 4.79 Å². The van der Waals surface area contributed by atoms with E-state index in [2.05, 4.69) is 40.2 Å². The standard InChI is InChI=1S/C19H27N3O2/c23-18(22-16-8-4-5-9-16)10-11-20-19(24)21-13-15-12-17(15)14-6-2-1-3-7-14/h1-3,6-7,15-17H,4-5,8-13H2,(H,22,23)(H2,20,21,24). The highest BCUT2D eigenvalue weighted by atomic mass is 16.2. The quantitative estimate of drug-likeness (QED) is 0.719.